The van der Waals surface area contributed by atoms with Gasteiger partial charge >= 0.3 is 5.97 Å². The molecule has 14 heavy (non-hydrogen) atoms. The van der Waals surface area contributed by atoms with Crippen molar-refractivity contribution in [2.45, 2.75) is 6.92 Å². The van der Waals surface area contributed by atoms with Crippen molar-refractivity contribution < 1.29 is 14.7 Å². The van der Waals surface area contributed by atoms with E-state index in [-0.39, 0.29) is 5.69 Å². The zero-order valence-electron chi connectivity index (χ0n) is 7.65. The van der Waals surface area contributed by atoms with Crippen LogP contribution in [0.2, 0.25) is 0 Å². The molecular weight excluding hydrogens is 184 g/mol. The first-order valence-electron chi connectivity index (χ1n) is 4.02. The second-order valence-electron chi connectivity index (χ2n) is 2.79. The summed E-state index contributed by atoms with van der Waals surface area (Å²) in [6.07, 6.45) is 1.50. The van der Waals surface area contributed by atoms with E-state index in [2.05, 4.69) is 10.3 Å². The maximum Gasteiger partial charge on any atom is 0.322 e. The molecule has 0 saturated carbocycles. The van der Waals surface area contributed by atoms with Crippen LogP contribution in [0.3, 0.4) is 0 Å². The summed E-state index contributed by atoms with van der Waals surface area (Å²) in [6.45, 7) is 1.43. The standard InChI is InChI=1S/C9H10N2O3/c1-6-2-3-10-7(4-6)9(14)11-5-8(12)13/h2-4H,5H2,1H3,(H,11,14)(H,12,13). The van der Waals surface area contributed by atoms with Crippen LogP contribution in [0, 0.1) is 6.92 Å². The van der Waals surface area contributed by atoms with Gasteiger partial charge in [0.05, 0.1) is 0 Å². The van der Waals surface area contributed by atoms with Gasteiger partial charge in [0.2, 0.25) is 0 Å². The highest BCUT2D eigenvalue weighted by atomic mass is 16.4. The lowest BCUT2D eigenvalue weighted by Gasteiger charge is -2.01. The van der Waals surface area contributed by atoms with E-state index in [1.165, 1.54) is 6.20 Å². The number of nitrogens with one attached hydrogen (secondary N) is 1. The molecule has 1 rings (SSSR count). The first-order valence-corrected chi connectivity index (χ1v) is 4.02. The minimum Gasteiger partial charge on any atom is -0.480 e. The second kappa shape index (κ2) is 4.36. The van der Waals surface area contributed by atoms with Gasteiger partial charge in [0.25, 0.3) is 5.91 Å². The molecule has 1 aromatic rings. The lowest BCUT2D eigenvalue weighted by atomic mass is 10.2. The fourth-order valence-electron chi connectivity index (χ4n) is 0.907. The molecule has 0 saturated heterocycles. The summed E-state index contributed by atoms with van der Waals surface area (Å²) >= 11 is 0. The first-order chi connectivity index (χ1) is 6.59. The van der Waals surface area contributed by atoms with Crippen LogP contribution in [0.4, 0.5) is 0 Å². The maximum absolute atomic E-state index is 11.3. The van der Waals surface area contributed by atoms with Crippen LogP contribution >= 0.6 is 0 Å². The Morgan fingerprint density at radius 1 is 1.57 bits per heavy atom. The molecule has 0 aromatic carbocycles. The van der Waals surface area contributed by atoms with Gasteiger partial charge in [-0.2, -0.15) is 0 Å². The fourth-order valence-corrected chi connectivity index (χ4v) is 0.907. The molecule has 1 amide bonds. The number of aliphatic carboxylic acids is 1. The molecule has 0 radical (unpaired) electrons. The van der Waals surface area contributed by atoms with E-state index < -0.39 is 18.4 Å². The number of amides is 1. The van der Waals surface area contributed by atoms with Crippen molar-refractivity contribution in [2.24, 2.45) is 0 Å². The third kappa shape index (κ3) is 2.85. The lowest BCUT2D eigenvalue weighted by molar-refractivity contribution is -0.135. The van der Waals surface area contributed by atoms with E-state index >= 15 is 0 Å². The number of aryl methyl sites for hydroxylation is 1. The van der Waals surface area contributed by atoms with Crippen LogP contribution < -0.4 is 5.32 Å². The van der Waals surface area contributed by atoms with Gasteiger partial charge in [-0.05, 0) is 24.6 Å². The summed E-state index contributed by atoms with van der Waals surface area (Å²) in [5, 5.41) is 10.6. The zero-order valence-corrected chi connectivity index (χ0v) is 7.65. The molecule has 0 atom stereocenters. The molecule has 1 heterocycles. The van der Waals surface area contributed by atoms with Crippen molar-refractivity contribution in [3.05, 3.63) is 29.6 Å². The maximum atomic E-state index is 11.3. The number of carboxylic acid groups (broad SMARTS) is 1. The summed E-state index contributed by atoms with van der Waals surface area (Å²) in [5.74, 6) is -1.55. The van der Waals surface area contributed by atoms with Crippen LogP contribution in [0.1, 0.15) is 16.1 Å². The average molecular weight is 194 g/mol. The Bertz CT molecular complexity index is 363. The topological polar surface area (TPSA) is 79.3 Å². The van der Waals surface area contributed by atoms with Crippen LogP contribution in [0.15, 0.2) is 18.3 Å². The molecule has 1 aromatic heterocycles. The number of aromatic nitrogens is 1. The highest BCUT2D eigenvalue weighted by molar-refractivity contribution is 5.94. The molecule has 74 valence electrons. The van der Waals surface area contributed by atoms with Crippen molar-refractivity contribution in [3.8, 4) is 0 Å². The minimum atomic E-state index is -1.08. The SMILES string of the molecule is Cc1ccnc(C(=O)NCC(=O)O)c1. The highest BCUT2D eigenvalue weighted by Gasteiger charge is 2.07. The van der Waals surface area contributed by atoms with E-state index in [1.54, 1.807) is 12.1 Å². The van der Waals surface area contributed by atoms with Crippen molar-refractivity contribution in [1.29, 1.82) is 0 Å². The number of hydrogen-bond acceptors (Lipinski definition) is 3. The molecule has 0 spiro atoms. The molecule has 2 N–H and O–H groups in total. The van der Waals surface area contributed by atoms with Gasteiger partial charge < -0.3 is 10.4 Å². The smallest absolute Gasteiger partial charge is 0.322 e. The van der Waals surface area contributed by atoms with E-state index in [4.69, 9.17) is 5.11 Å². The van der Waals surface area contributed by atoms with Crippen LogP contribution in [0.5, 0.6) is 0 Å². The third-order valence-electron chi connectivity index (χ3n) is 1.55. The Labute approximate surface area is 80.8 Å². The molecule has 5 heteroatoms. The van der Waals surface area contributed by atoms with Crippen LogP contribution in [-0.2, 0) is 4.79 Å². The Morgan fingerprint density at radius 3 is 2.86 bits per heavy atom. The molecular formula is C9H10N2O3. The molecule has 0 aliphatic carbocycles. The fraction of sp³-hybridized carbons (Fsp3) is 0.222. The molecule has 0 fully saturated rings. The van der Waals surface area contributed by atoms with E-state index in [0.717, 1.165) is 5.56 Å². The lowest BCUT2D eigenvalue weighted by Crippen LogP contribution is -2.29. The summed E-state index contributed by atoms with van der Waals surface area (Å²) in [4.78, 5) is 25.2. The zero-order chi connectivity index (χ0) is 10.6. The minimum absolute atomic E-state index is 0.228. The Kier molecular flexibility index (Phi) is 3.17. The quantitative estimate of drug-likeness (QED) is 0.720. The van der Waals surface area contributed by atoms with E-state index in [0.29, 0.717) is 0 Å². The van der Waals surface area contributed by atoms with Gasteiger partial charge in [-0.25, -0.2) is 0 Å². The largest absolute Gasteiger partial charge is 0.480 e. The number of carbonyl (C=O) groups excluding carboxylic acids is 1. The molecule has 0 unspecified atom stereocenters. The first kappa shape index (κ1) is 10.2. The predicted octanol–water partition coefficient (Wildman–Crippen LogP) is 0.204. The third-order valence-corrected chi connectivity index (χ3v) is 1.55. The average Bonchev–Trinajstić information content (AvgIpc) is 2.14. The second-order valence-corrected chi connectivity index (χ2v) is 2.79. The van der Waals surface area contributed by atoms with Crippen molar-refractivity contribution >= 4 is 11.9 Å². The molecule has 0 aliphatic rings. The number of hydrogen-bond donors (Lipinski definition) is 2. The number of rotatable bonds is 3. The molecule has 0 aliphatic heterocycles. The van der Waals surface area contributed by atoms with Crippen molar-refractivity contribution in [1.82, 2.24) is 10.3 Å². The predicted molar refractivity (Wildman–Crippen MR) is 48.9 cm³/mol. The number of carbonyl (C=O) groups is 2. The van der Waals surface area contributed by atoms with Gasteiger partial charge in [0.15, 0.2) is 0 Å². The number of carboxylic acids is 1. The van der Waals surface area contributed by atoms with Crippen molar-refractivity contribution in [2.75, 3.05) is 6.54 Å². The summed E-state index contributed by atoms with van der Waals surface area (Å²) < 4.78 is 0. The Hall–Kier alpha value is -1.91. The molecule has 0 bridgehead atoms. The monoisotopic (exact) mass is 194 g/mol. The summed E-state index contributed by atoms with van der Waals surface area (Å²) in [5.41, 5.74) is 1.13. The Balaban J connectivity index is 2.65. The highest BCUT2D eigenvalue weighted by Crippen LogP contribution is 1.99. The molecule has 5 nitrogen and oxygen atoms in total. The van der Waals surface area contributed by atoms with Gasteiger partial charge in [0.1, 0.15) is 12.2 Å². The van der Waals surface area contributed by atoms with Gasteiger partial charge in [-0.15, -0.1) is 0 Å². The summed E-state index contributed by atoms with van der Waals surface area (Å²) in [7, 11) is 0. The number of nitrogens with zero attached hydrogens (tertiary/aromatic N) is 1. The van der Waals surface area contributed by atoms with Crippen molar-refractivity contribution in [3.63, 3.8) is 0 Å². The van der Waals surface area contributed by atoms with E-state index in [1.807, 2.05) is 6.92 Å². The van der Waals surface area contributed by atoms with E-state index in [9.17, 15) is 9.59 Å². The summed E-state index contributed by atoms with van der Waals surface area (Å²) in [6, 6.07) is 3.35. The Morgan fingerprint density at radius 2 is 2.29 bits per heavy atom. The van der Waals surface area contributed by atoms with Gasteiger partial charge in [0, 0.05) is 6.20 Å². The normalized spacial score (nSPS) is 9.50. The van der Waals surface area contributed by atoms with Crippen LogP contribution in [-0.4, -0.2) is 28.5 Å². The van der Waals surface area contributed by atoms with Gasteiger partial charge in [-0.1, -0.05) is 0 Å². The number of pyridine rings is 1. The van der Waals surface area contributed by atoms with Gasteiger partial charge in [-0.3, -0.25) is 14.6 Å². The van der Waals surface area contributed by atoms with Crippen LogP contribution in [0.25, 0.3) is 0 Å².